The van der Waals surface area contributed by atoms with E-state index in [0.29, 0.717) is 5.41 Å². The van der Waals surface area contributed by atoms with E-state index in [-0.39, 0.29) is 5.54 Å². The van der Waals surface area contributed by atoms with Crippen LogP contribution < -0.4 is 5.73 Å². The molecule has 0 aliphatic heterocycles. The van der Waals surface area contributed by atoms with Gasteiger partial charge in [-0.25, -0.2) is 0 Å². The van der Waals surface area contributed by atoms with E-state index in [2.05, 4.69) is 34.6 Å². The fourth-order valence-electron chi connectivity index (χ4n) is 3.12. The highest BCUT2D eigenvalue weighted by Gasteiger charge is 2.33. The normalized spacial score (nSPS) is 31.6. The first-order valence-corrected chi connectivity index (χ1v) is 7.52. The quantitative estimate of drug-likeness (QED) is 0.707. The van der Waals surface area contributed by atoms with Crippen LogP contribution >= 0.6 is 0 Å². The average Bonchev–Trinajstić information content (AvgIpc) is 2.37. The Hall–Kier alpha value is -0.0400. The molecule has 1 aliphatic rings. The van der Waals surface area contributed by atoms with Crippen molar-refractivity contribution in [2.24, 2.45) is 23.0 Å². The van der Waals surface area contributed by atoms with Gasteiger partial charge in [-0.05, 0) is 55.8 Å². The molecule has 1 nitrogen and oxygen atoms in total. The minimum Gasteiger partial charge on any atom is -0.325 e. The Bertz CT molecular complexity index is 226. The van der Waals surface area contributed by atoms with Gasteiger partial charge in [0.15, 0.2) is 0 Å². The van der Waals surface area contributed by atoms with E-state index in [1.807, 2.05) is 0 Å². The van der Waals surface area contributed by atoms with Crippen molar-refractivity contribution in [1.29, 1.82) is 0 Å². The first-order valence-electron chi connectivity index (χ1n) is 7.52. The van der Waals surface area contributed by atoms with Crippen LogP contribution in [0.1, 0.15) is 79.6 Å². The molecule has 0 bridgehead atoms. The van der Waals surface area contributed by atoms with Gasteiger partial charge in [0, 0.05) is 5.54 Å². The van der Waals surface area contributed by atoms with E-state index in [1.165, 1.54) is 44.9 Å². The van der Waals surface area contributed by atoms with Gasteiger partial charge in [0.2, 0.25) is 0 Å². The minimum atomic E-state index is 0.143. The number of rotatable bonds is 3. The lowest BCUT2D eigenvalue weighted by atomic mass is 9.76. The fraction of sp³-hybridized carbons (Fsp3) is 1.00. The van der Waals surface area contributed by atoms with Gasteiger partial charge < -0.3 is 5.73 Å². The molecule has 0 aromatic heterocycles. The summed E-state index contributed by atoms with van der Waals surface area (Å²) in [5, 5.41) is 0. The molecule has 2 atom stereocenters. The van der Waals surface area contributed by atoms with Crippen LogP contribution in [0.2, 0.25) is 0 Å². The lowest BCUT2D eigenvalue weighted by molar-refractivity contribution is 0.209. The van der Waals surface area contributed by atoms with Gasteiger partial charge in [-0.15, -0.1) is 0 Å². The second-order valence-electron chi connectivity index (χ2n) is 7.79. The van der Waals surface area contributed by atoms with Crippen LogP contribution in [0.15, 0.2) is 0 Å². The van der Waals surface area contributed by atoms with Gasteiger partial charge in [-0.3, -0.25) is 0 Å². The molecule has 0 heterocycles. The molecule has 1 aliphatic carbocycles. The topological polar surface area (TPSA) is 26.0 Å². The van der Waals surface area contributed by atoms with Crippen molar-refractivity contribution in [2.75, 3.05) is 0 Å². The molecule has 2 N–H and O–H groups in total. The third-order valence-corrected chi connectivity index (χ3v) is 4.66. The molecule has 0 saturated heterocycles. The Morgan fingerprint density at radius 3 is 2.35 bits per heavy atom. The molecule has 0 aromatic rings. The second kappa shape index (κ2) is 5.73. The highest BCUT2D eigenvalue weighted by atomic mass is 14.7. The molecule has 1 rings (SSSR count). The smallest absolute Gasteiger partial charge is 0.0154 e. The van der Waals surface area contributed by atoms with Crippen molar-refractivity contribution in [3.8, 4) is 0 Å². The van der Waals surface area contributed by atoms with Crippen LogP contribution in [-0.4, -0.2) is 5.54 Å². The summed E-state index contributed by atoms with van der Waals surface area (Å²) >= 11 is 0. The molecule has 2 unspecified atom stereocenters. The lowest BCUT2D eigenvalue weighted by Gasteiger charge is -2.32. The summed E-state index contributed by atoms with van der Waals surface area (Å²) in [6.07, 6.45) is 9.03. The van der Waals surface area contributed by atoms with E-state index >= 15 is 0 Å². The Labute approximate surface area is 109 Å². The van der Waals surface area contributed by atoms with Crippen molar-refractivity contribution < 1.29 is 0 Å². The third-order valence-electron chi connectivity index (χ3n) is 4.66. The minimum absolute atomic E-state index is 0.143. The van der Waals surface area contributed by atoms with Gasteiger partial charge in [-0.2, -0.15) is 0 Å². The van der Waals surface area contributed by atoms with Gasteiger partial charge in [0.05, 0.1) is 0 Å². The highest BCUT2D eigenvalue weighted by molar-refractivity contribution is 4.90. The first kappa shape index (κ1) is 15.0. The van der Waals surface area contributed by atoms with Crippen molar-refractivity contribution in [1.82, 2.24) is 0 Å². The van der Waals surface area contributed by atoms with E-state index in [0.717, 1.165) is 11.8 Å². The molecular formula is C16H33N. The van der Waals surface area contributed by atoms with Gasteiger partial charge >= 0.3 is 0 Å². The summed E-state index contributed by atoms with van der Waals surface area (Å²) in [5.41, 5.74) is 7.22. The molecular weight excluding hydrogens is 206 g/mol. The SMILES string of the molecule is CC(C)CCC1(N)CCCC(C(C)(C)C)CC1. The van der Waals surface area contributed by atoms with Gasteiger partial charge in [-0.1, -0.05) is 41.0 Å². The molecule has 0 amide bonds. The summed E-state index contributed by atoms with van der Waals surface area (Å²) in [4.78, 5) is 0. The molecule has 1 heteroatoms. The maximum atomic E-state index is 6.61. The number of nitrogens with two attached hydrogens (primary N) is 1. The van der Waals surface area contributed by atoms with Crippen LogP contribution in [0.4, 0.5) is 0 Å². The molecule has 0 spiro atoms. The number of hydrogen-bond acceptors (Lipinski definition) is 1. The standard InChI is InChI=1S/C16H33N/c1-13(2)8-11-16(17)10-6-7-14(9-12-16)15(3,4)5/h13-14H,6-12,17H2,1-5H3. The summed E-state index contributed by atoms with van der Waals surface area (Å²) in [7, 11) is 0. The van der Waals surface area contributed by atoms with Crippen molar-refractivity contribution in [3.63, 3.8) is 0 Å². The molecule has 0 aromatic carbocycles. The second-order valence-corrected chi connectivity index (χ2v) is 7.79. The maximum Gasteiger partial charge on any atom is 0.0154 e. The first-order chi connectivity index (χ1) is 7.73. The zero-order valence-electron chi connectivity index (χ0n) is 12.7. The van der Waals surface area contributed by atoms with Gasteiger partial charge in [0.25, 0.3) is 0 Å². The molecule has 1 saturated carbocycles. The Kier molecular flexibility index (Phi) is 5.07. The fourth-order valence-corrected chi connectivity index (χ4v) is 3.12. The zero-order chi connectivity index (χ0) is 13.1. The van der Waals surface area contributed by atoms with Crippen molar-refractivity contribution in [3.05, 3.63) is 0 Å². The Balaban J connectivity index is 2.51. The van der Waals surface area contributed by atoms with Gasteiger partial charge in [0.1, 0.15) is 0 Å². The van der Waals surface area contributed by atoms with E-state index in [4.69, 9.17) is 5.73 Å². The zero-order valence-corrected chi connectivity index (χ0v) is 12.7. The Morgan fingerprint density at radius 1 is 1.18 bits per heavy atom. The number of hydrogen-bond donors (Lipinski definition) is 1. The monoisotopic (exact) mass is 239 g/mol. The third kappa shape index (κ3) is 4.99. The van der Waals surface area contributed by atoms with Crippen LogP contribution in [0.3, 0.4) is 0 Å². The summed E-state index contributed by atoms with van der Waals surface area (Å²) < 4.78 is 0. The predicted molar refractivity (Wildman–Crippen MR) is 77.0 cm³/mol. The summed E-state index contributed by atoms with van der Waals surface area (Å²) in [6.45, 7) is 11.8. The van der Waals surface area contributed by atoms with Crippen LogP contribution in [0.5, 0.6) is 0 Å². The molecule has 17 heavy (non-hydrogen) atoms. The Morgan fingerprint density at radius 2 is 1.82 bits per heavy atom. The highest BCUT2D eigenvalue weighted by Crippen LogP contribution is 2.40. The van der Waals surface area contributed by atoms with E-state index in [1.54, 1.807) is 0 Å². The van der Waals surface area contributed by atoms with Crippen LogP contribution in [-0.2, 0) is 0 Å². The van der Waals surface area contributed by atoms with Crippen LogP contribution in [0.25, 0.3) is 0 Å². The van der Waals surface area contributed by atoms with Crippen molar-refractivity contribution >= 4 is 0 Å². The van der Waals surface area contributed by atoms with Crippen LogP contribution in [0, 0.1) is 17.3 Å². The summed E-state index contributed by atoms with van der Waals surface area (Å²) in [5.74, 6) is 1.66. The predicted octanol–water partition coefficient (Wildman–Crippen LogP) is 4.75. The van der Waals surface area contributed by atoms with E-state index in [9.17, 15) is 0 Å². The molecule has 102 valence electrons. The average molecular weight is 239 g/mol. The molecule has 1 fully saturated rings. The largest absolute Gasteiger partial charge is 0.325 e. The lowest BCUT2D eigenvalue weighted by Crippen LogP contribution is -2.39. The maximum absolute atomic E-state index is 6.61. The van der Waals surface area contributed by atoms with E-state index < -0.39 is 0 Å². The molecule has 0 radical (unpaired) electrons. The summed E-state index contributed by atoms with van der Waals surface area (Å²) in [6, 6.07) is 0. The van der Waals surface area contributed by atoms with Crippen molar-refractivity contribution in [2.45, 2.75) is 85.1 Å².